The summed E-state index contributed by atoms with van der Waals surface area (Å²) < 4.78 is 24.7. The Kier molecular flexibility index (Phi) is 6.87. The zero-order valence-electron chi connectivity index (χ0n) is 16.0. The van der Waals surface area contributed by atoms with E-state index in [1.54, 1.807) is 25.3 Å². The second-order valence-electron chi connectivity index (χ2n) is 7.05. The smallest absolute Gasteiger partial charge is 0.191 e. The van der Waals surface area contributed by atoms with E-state index in [1.807, 2.05) is 25.1 Å². The lowest BCUT2D eigenvalue weighted by Crippen LogP contribution is -2.40. The monoisotopic (exact) mass is 373 g/mol. The van der Waals surface area contributed by atoms with Crippen LogP contribution in [0.25, 0.3) is 0 Å². The predicted molar refractivity (Wildman–Crippen MR) is 104 cm³/mol. The Labute approximate surface area is 160 Å². The summed E-state index contributed by atoms with van der Waals surface area (Å²) in [5.74, 6) is 1.93. The van der Waals surface area contributed by atoms with Gasteiger partial charge in [0.2, 0.25) is 0 Å². The third-order valence-electron chi connectivity index (χ3n) is 4.82. The molecule has 2 aromatic rings. The molecule has 2 unspecified atom stereocenters. The van der Waals surface area contributed by atoms with Gasteiger partial charge >= 0.3 is 0 Å². The molecule has 1 aromatic heterocycles. The molecule has 1 fully saturated rings. The topological polar surface area (TPSA) is 58.8 Å². The van der Waals surface area contributed by atoms with Crippen molar-refractivity contribution in [3.8, 4) is 0 Å². The summed E-state index contributed by atoms with van der Waals surface area (Å²) in [7, 11) is 0. The van der Waals surface area contributed by atoms with Gasteiger partial charge in [0.05, 0.1) is 18.9 Å². The summed E-state index contributed by atoms with van der Waals surface area (Å²) >= 11 is 0. The highest BCUT2D eigenvalue weighted by Crippen LogP contribution is 2.16. The van der Waals surface area contributed by atoms with Crippen LogP contribution in [0.15, 0.2) is 46.0 Å². The van der Waals surface area contributed by atoms with Crippen LogP contribution in [0.2, 0.25) is 0 Å². The van der Waals surface area contributed by atoms with E-state index in [1.165, 1.54) is 0 Å². The number of nitrogens with zero attached hydrogens (tertiary/aromatic N) is 1. The van der Waals surface area contributed by atoms with E-state index < -0.39 is 0 Å². The number of aliphatic imine (C=N–C) groups is 1. The Morgan fingerprint density at radius 2 is 2.26 bits per heavy atom. The molecular weight excluding hydrogens is 345 g/mol. The number of nitrogens with one attached hydrogen (secondary N) is 2. The second-order valence-corrected chi connectivity index (χ2v) is 7.05. The standard InChI is InChI=1S/C21H28FN3O2/c1-15-5-6-18(12-20(15)22)16(2)25-21(24-13-17-8-11-26-14-17)23-9-7-19-4-3-10-27-19/h3-6,10,12,16-17H,7-9,11,13-14H2,1-2H3,(H2,23,24,25). The lowest BCUT2D eigenvalue weighted by Gasteiger charge is -2.19. The summed E-state index contributed by atoms with van der Waals surface area (Å²) in [6.07, 6.45) is 3.49. The fourth-order valence-corrected chi connectivity index (χ4v) is 3.03. The maximum absolute atomic E-state index is 13.9. The van der Waals surface area contributed by atoms with Crippen LogP contribution >= 0.6 is 0 Å². The van der Waals surface area contributed by atoms with Crippen LogP contribution in [0.3, 0.4) is 0 Å². The van der Waals surface area contributed by atoms with Gasteiger partial charge in [0.25, 0.3) is 0 Å². The zero-order chi connectivity index (χ0) is 19.1. The molecule has 0 spiro atoms. The number of rotatable bonds is 7. The van der Waals surface area contributed by atoms with E-state index in [0.717, 1.165) is 43.3 Å². The number of furan rings is 1. The summed E-state index contributed by atoms with van der Waals surface area (Å²) in [6, 6.07) is 9.12. The normalized spacial score (nSPS) is 18.5. The van der Waals surface area contributed by atoms with Gasteiger partial charge in [0, 0.05) is 32.0 Å². The average Bonchev–Trinajstić information content (AvgIpc) is 3.35. The highest BCUT2D eigenvalue weighted by Gasteiger charge is 2.16. The van der Waals surface area contributed by atoms with Gasteiger partial charge in [-0.25, -0.2) is 4.39 Å². The van der Waals surface area contributed by atoms with E-state index in [0.29, 0.717) is 24.6 Å². The highest BCUT2D eigenvalue weighted by molar-refractivity contribution is 5.80. The second kappa shape index (κ2) is 9.55. The largest absolute Gasteiger partial charge is 0.469 e. The SMILES string of the molecule is Cc1ccc(C(C)NC(=NCC2CCOC2)NCCc2ccco2)cc1F. The molecule has 3 rings (SSSR count). The molecule has 2 atom stereocenters. The molecule has 6 heteroatoms. The minimum absolute atomic E-state index is 0.0604. The number of aryl methyl sites for hydroxylation is 1. The van der Waals surface area contributed by atoms with Gasteiger partial charge in [-0.2, -0.15) is 0 Å². The van der Waals surface area contributed by atoms with Gasteiger partial charge in [-0.1, -0.05) is 12.1 Å². The first-order chi connectivity index (χ1) is 13.1. The van der Waals surface area contributed by atoms with Gasteiger partial charge in [-0.3, -0.25) is 4.99 Å². The van der Waals surface area contributed by atoms with Crippen LogP contribution in [-0.2, 0) is 11.2 Å². The zero-order valence-corrected chi connectivity index (χ0v) is 16.0. The molecule has 1 saturated heterocycles. The third kappa shape index (κ3) is 5.82. The van der Waals surface area contributed by atoms with Crippen LogP contribution < -0.4 is 10.6 Å². The van der Waals surface area contributed by atoms with Gasteiger partial charge in [0.1, 0.15) is 11.6 Å². The van der Waals surface area contributed by atoms with Crippen molar-refractivity contribution in [2.24, 2.45) is 10.9 Å². The Morgan fingerprint density at radius 1 is 1.37 bits per heavy atom. The minimum atomic E-state index is -0.187. The van der Waals surface area contributed by atoms with Crippen molar-refractivity contribution in [1.82, 2.24) is 10.6 Å². The number of halogens is 1. The fourth-order valence-electron chi connectivity index (χ4n) is 3.03. The Balaban J connectivity index is 1.61. The summed E-state index contributed by atoms with van der Waals surface area (Å²) in [5, 5.41) is 6.74. The molecular formula is C21H28FN3O2. The van der Waals surface area contributed by atoms with Crippen molar-refractivity contribution in [2.75, 3.05) is 26.3 Å². The van der Waals surface area contributed by atoms with Crippen LogP contribution in [0.1, 0.15) is 36.3 Å². The number of benzene rings is 1. The van der Waals surface area contributed by atoms with Crippen LogP contribution in [0.5, 0.6) is 0 Å². The Bertz CT molecular complexity index is 740. The van der Waals surface area contributed by atoms with E-state index in [2.05, 4.69) is 10.6 Å². The van der Waals surface area contributed by atoms with E-state index in [9.17, 15) is 4.39 Å². The lowest BCUT2D eigenvalue weighted by atomic mass is 10.1. The summed E-state index contributed by atoms with van der Waals surface area (Å²) in [5.41, 5.74) is 1.54. The van der Waals surface area contributed by atoms with Crippen molar-refractivity contribution in [1.29, 1.82) is 0 Å². The molecule has 146 valence electrons. The summed E-state index contributed by atoms with van der Waals surface area (Å²) in [4.78, 5) is 4.72. The molecule has 5 nitrogen and oxygen atoms in total. The molecule has 1 aromatic carbocycles. The number of hydrogen-bond acceptors (Lipinski definition) is 3. The molecule has 0 bridgehead atoms. The quantitative estimate of drug-likeness (QED) is 0.575. The summed E-state index contributed by atoms with van der Waals surface area (Å²) in [6.45, 7) is 6.77. The third-order valence-corrected chi connectivity index (χ3v) is 4.82. The molecule has 0 saturated carbocycles. The Hall–Kier alpha value is -2.34. The van der Waals surface area contributed by atoms with Crippen molar-refractivity contribution in [3.63, 3.8) is 0 Å². The highest BCUT2D eigenvalue weighted by atomic mass is 19.1. The first kappa shape index (κ1) is 19.4. The van der Waals surface area contributed by atoms with E-state index in [4.69, 9.17) is 14.1 Å². The molecule has 0 radical (unpaired) electrons. The van der Waals surface area contributed by atoms with Gasteiger partial charge in [0.15, 0.2) is 5.96 Å². The first-order valence-corrected chi connectivity index (χ1v) is 9.53. The number of guanidine groups is 1. The molecule has 0 amide bonds. The molecule has 2 N–H and O–H groups in total. The van der Waals surface area contributed by atoms with E-state index in [-0.39, 0.29) is 11.9 Å². The van der Waals surface area contributed by atoms with Gasteiger partial charge in [-0.15, -0.1) is 0 Å². The van der Waals surface area contributed by atoms with Crippen LogP contribution in [-0.4, -0.2) is 32.3 Å². The van der Waals surface area contributed by atoms with Crippen molar-refractivity contribution in [2.45, 2.75) is 32.7 Å². The Morgan fingerprint density at radius 3 is 2.96 bits per heavy atom. The first-order valence-electron chi connectivity index (χ1n) is 9.53. The van der Waals surface area contributed by atoms with Gasteiger partial charge in [-0.05, 0) is 49.6 Å². The lowest BCUT2D eigenvalue weighted by molar-refractivity contribution is 0.187. The molecule has 1 aliphatic rings. The van der Waals surface area contributed by atoms with Crippen molar-refractivity contribution < 1.29 is 13.5 Å². The maximum Gasteiger partial charge on any atom is 0.191 e. The van der Waals surface area contributed by atoms with Crippen LogP contribution in [0.4, 0.5) is 4.39 Å². The molecule has 27 heavy (non-hydrogen) atoms. The van der Waals surface area contributed by atoms with Gasteiger partial charge < -0.3 is 19.8 Å². The molecule has 1 aliphatic heterocycles. The maximum atomic E-state index is 13.9. The van der Waals surface area contributed by atoms with Crippen LogP contribution in [0, 0.1) is 18.7 Å². The minimum Gasteiger partial charge on any atom is -0.469 e. The number of hydrogen-bond donors (Lipinski definition) is 2. The van der Waals surface area contributed by atoms with E-state index >= 15 is 0 Å². The average molecular weight is 373 g/mol. The molecule has 2 heterocycles. The van der Waals surface area contributed by atoms with Crippen molar-refractivity contribution >= 4 is 5.96 Å². The fraction of sp³-hybridized carbons (Fsp3) is 0.476. The predicted octanol–water partition coefficient (Wildman–Crippen LogP) is 3.60. The molecule has 0 aliphatic carbocycles. The van der Waals surface area contributed by atoms with Crippen molar-refractivity contribution in [3.05, 3.63) is 59.3 Å². The number of ether oxygens (including phenoxy) is 1.